The SMILES string of the molecule is CCCN(C)c1ccc(N)cc1Br. The minimum absolute atomic E-state index is 0.792. The number of hydrogen-bond acceptors (Lipinski definition) is 2. The van der Waals surface area contributed by atoms with Gasteiger partial charge in [-0.15, -0.1) is 0 Å². The Balaban J connectivity index is 2.88. The molecule has 0 fully saturated rings. The van der Waals surface area contributed by atoms with E-state index in [1.807, 2.05) is 18.2 Å². The lowest BCUT2D eigenvalue weighted by molar-refractivity contribution is 0.850. The Kier molecular flexibility index (Phi) is 3.60. The van der Waals surface area contributed by atoms with E-state index in [1.54, 1.807) is 0 Å². The van der Waals surface area contributed by atoms with E-state index in [0.29, 0.717) is 0 Å². The number of nitrogens with zero attached hydrogens (tertiary/aromatic N) is 1. The predicted octanol–water partition coefficient (Wildman–Crippen LogP) is 2.88. The quantitative estimate of drug-likeness (QED) is 0.827. The Hall–Kier alpha value is -0.700. The second kappa shape index (κ2) is 4.51. The summed E-state index contributed by atoms with van der Waals surface area (Å²) in [6.45, 7) is 3.23. The van der Waals surface area contributed by atoms with Crippen molar-refractivity contribution in [2.45, 2.75) is 13.3 Å². The van der Waals surface area contributed by atoms with Crippen LogP contribution in [-0.2, 0) is 0 Å². The maximum atomic E-state index is 5.65. The molecule has 1 aromatic carbocycles. The van der Waals surface area contributed by atoms with Gasteiger partial charge in [0.05, 0.1) is 5.69 Å². The van der Waals surface area contributed by atoms with Crippen molar-refractivity contribution in [2.75, 3.05) is 24.2 Å². The van der Waals surface area contributed by atoms with Crippen LogP contribution in [0.25, 0.3) is 0 Å². The van der Waals surface area contributed by atoms with Crippen LogP contribution in [0.3, 0.4) is 0 Å². The van der Waals surface area contributed by atoms with E-state index in [0.717, 1.165) is 23.1 Å². The average Bonchev–Trinajstić information content (AvgIpc) is 2.04. The first-order valence-corrected chi connectivity index (χ1v) is 5.20. The summed E-state index contributed by atoms with van der Waals surface area (Å²) >= 11 is 3.50. The van der Waals surface area contributed by atoms with Gasteiger partial charge >= 0.3 is 0 Å². The minimum Gasteiger partial charge on any atom is -0.399 e. The highest BCUT2D eigenvalue weighted by atomic mass is 79.9. The maximum Gasteiger partial charge on any atom is 0.0509 e. The van der Waals surface area contributed by atoms with E-state index in [2.05, 4.69) is 34.8 Å². The Morgan fingerprint density at radius 2 is 2.15 bits per heavy atom. The lowest BCUT2D eigenvalue weighted by atomic mass is 10.2. The zero-order valence-electron chi connectivity index (χ0n) is 8.05. The first kappa shape index (κ1) is 10.4. The molecule has 2 N–H and O–H groups in total. The fraction of sp³-hybridized carbons (Fsp3) is 0.400. The van der Waals surface area contributed by atoms with Crippen LogP contribution in [-0.4, -0.2) is 13.6 Å². The number of nitrogens with two attached hydrogens (primary N) is 1. The third kappa shape index (κ3) is 2.62. The molecule has 0 aliphatic rings. The van der Waals surface area contributed by atoms with Crippen LogP contribution in [0.4, 0.5) is 11.4 Å². The van der Waals surface area contributed by atoms with Gasteiger partial charge in [-0.1, -0.05) is 6.92 Å². The van der Waals surface area contributed by atoms with Crippen LogP contribution >= 0.6 is 15.9 Å². The predicted molar refractivity (Wildman–Crippen MR) is 62.1 cm³/mol. The van der Waals surface area contributed by atoms with Gasteiger partial charge in [0.1, 0.15) is 0 Å². The Morgan fingerprint density at radius 1 is 1.46 bits per heavy atom. The molecule has 72 valence electrons. The molecule has 2 nitrogen and oxygen atoms in total. The third-order valence-corrected chi connectivity index (χ3v) is 2.58. The van der Waals surface area contributed by atoms with Crippen molar-refractivity contribution in [3.05, 3.63) is 22.7 Å². The summed E-state index contributed by atoms with van der Waals surface area (Å²) in [5.41, 5.74) is 7.64. The minimum atomic E-state index is 0.792. The largest absolute Gasteiger partial charge is 0.399 e. The average molecular weight is 243 g/mol. The standard InChI is InChI=1S/C10H15BrN2/c1-3-6-13(2)10-5-4-8(12)7-9(10)11/h4-5,7H,3,6,12H2,1-2H3. The van der Waals surface area contributed by atoms with Crippen molar-refractivity contribution < 1.29 is 0 Å². The van der Waals surface area contributed by atoms with E-state index in [-0.39, 0.29) is 0 Å². The highest BCUT2D eigenvalue weighted by Gasteiger charge is 2.03. The summed E-state index contributed by atoms with van der Waals surface area (Å²) in [6.07, 6.45) is 1.15. The number of rotatable bonds is 3. The Bertz CT molecular complexity index is 286. The van der Waals surface area contributed by atoms with Crippen LogP contribution in [0.5, 0.6) is 0 Å². The van der Waals surface area contributed by atoms with Crippen LogP contribution in [0.1, 0.15) is 13.3 Å². The summed E-state index contributed by atoms with van der Waals surface area (Å²) in [5.74, 6) is 0. The monoisotopic (exact) mass is 242 g/mol. The molecule has 0 amide bonds. The van der Waals surface area contributed by atoms with Gasteiger partial charge < -0.3 is 10.6 Å². The van der Waals surface area contributed by atoms with E-state index in [9.17, 15) is 0 Å². The summed E-state index contributed by atoms with van der Waals surface area (Å²) in [7, 11) is 2.08. The molecule has 0 saturated carbocycles. The van der Waals surface area contributed by atoms with Gasteiger partial charge in [0.25, 0.3) is 0 Å². The molecule has 13 heavy (non-hydrogen) atoms. The van der Waals surface area contributed by atoms with Crippen LogP contribution < -0.4 is 10.6 Å². The Labute approximate surface area is 87.9 Å². The molecular weight excluding hydrogens is 228 g/mol. The molecule has 1 aromatic rings. The molecule has 0 radical (unpaired) electrons. The van der Waals surface area contributed by atoms with Gasteiger partial charge in [-0.3, -0.25) is 0 Å². The lowest BCUT2D eigenvalue weighted by Gasteiger charge is -2.19. The number of anilines is 2. The van der Waals surface area contributed by atoms with Crippen molar-refractivity contribution in [2.24, 2.45) is 0 Å². The Morgan fingerprint density at radius 3 is 2.69 bits per heavy atom. The van der Waals surface area contributed by atoms with Gasteiger partial charge in [0.15, 0.2) is 0 Å². The van der Waals surface area contributed by atoms with Crippen molar-refractivity contribution >= 4 is 27.3 Å². The fourth-order valence-electron chi connectivity index (χ4n) is 1.29. The maximum absolute atomic E-state index is 5.65. The number of halogens is 1. The van der Waals surface area contributed by atoms with Gasteiger partial charge in [-0.05, 0) is 40.5 Å². The molecule has 0 heterocycles. The summed E-state index contributed by atoms with van der Waals surface area (Å²) in [5, 5.41) is 0. The summed E-state index contributed by atoms with van der Waals surface area (Å²) in [4.78, 5) is 2.21. The zero-order valence-corrected chi connectivity index (χ0v) is 9.63. The molecule has 0 saturated heterocycles. The van der Waals surface area contributed by atoms with E-state index >= 15 is 0 Å². The van der Waals surface area contributed by atoms with Gasteiger partial charge in [0.2, 0.25) is 0 Å². The first-order chi connectivity index (χ1) is 6.15. The fourth-order valence-corrected chi connectivity index (χ4v) is 1.99. The topological polar surface area (TPSA) is 29.3 Å². The first-order valence-electron chi connectivity index (χ1n) is 4.41. The normalized spacial score (nSPS) is 10.1. The molecule has 3 heteroatoms. The van der Waals surface area contributed by atoms with Crippen molar-refractivity contribution in [3.8, 4) is 0 Å². The highest BCUT2D eigenvalue weighted by Crippen LogP contribution is 2.27. The molecule has 0 unspecified atom stereocenters. The van der Waals surface area contributed by atoms with E-state index in [1.165, 1.54) is 5.69 Å². The molecule has 0 spiro atoms. The molecule has 0 bridgehead atoms. The number of nitrogen functional groups attached to an aromatic ring is 1. The van der Waals surface area contributed by atoms with Gasteiger partial charge in [0, 0.05) is 23.8 Å². The van der Waals surface area contributed by atoms with Crippen molar-refractivity contribution in [3.63, 3.8) is 0 Å². The van der Waals surface area contributed by atoms with Crippen molar-refractivity contribution in [1.82, 2.24) is 0 Å². The second-order valence-corrected chi connectivity index (χ2v) is 3.99. The number of benzene rings is 1. The highest BCUT2D eigenvalue weighted by molar-refractivity contribution is 9.10. The van der Waals surface area contributed by atoms with Crippen molar-refractivity contribution in [1.29, 1.82) is 0 Å². The van der Waals surface area contributed by atoms with E-state index < -0.39 is 0 Å². The lowest BCUT2D eigenvalue weighted by Crippen LogP contribution is -2.18. The molecule has 0 aliphatic heterocycles. The molecule has 0 atom stereocenters. The molecule has 0 aliphatic carbocycles. The second-order valence-electron chi connectivity index (χ2n) is 3.13. The van der Waals surface area contributed by atoms with Gasteiger partial charge in [-0.25, -0.2) is 0 Å². The van der Waals surface area contributed by atoms with Gasteiger partial charge in [-0.2, -0.15) is 0 Å². The van der Waals surface area contributed by atoms with E-state index in [4.69, 9.17) is 5.73 Å². The number of hydrogen-bond donors (Lipinski definition) is 1. The molecule has 1 rings (SSSR count). The smallest absolute Gasteiger partial charge is 0.0509 e. The summed E-state index contributed by atoms with van der Waals surface area (Å²) in [6, 6.07) is 5.89. The molecular formula is C10H15BrN2. The molecule has 0 aromatic heterocycles. The van der Waals surface area contributed by atoms with Crippen LogP contribution in [0.2, 0.25) is 0 Å². The zero-order chi connectivity index (χ0) is 9.84. The summed E-state index contributed by atoms with van der Waals surface area (Å²) < 4.78 is 1.06. The third-order valence-electron chi connectivity index (χ3n) is 1.94. The van der Waals surface area contributed by atoms with Crippen LogP contribution in [0.15, 0.2) is 22.7 Å². The van der Waals surface area contributed by atoms with Crippen LogP contribution in [0, 0.1) is 0 Å².